The largest absolute Gasteiger partial charge is 0.331 e. The fraction of sp³-hybridized carbons (Fsp3) is 1.00. The SMILES string of the molecule is C[N+](C)(C)CC1C(C[N+](C)(C)C)C(C[N+](C)(C)C)C1C[N+](C)(C)C. The van der Waals surface area contributed by atoms with Gasteiger partial charge in [-0.2, -0.15) is 0 Å². The van der Waals surface area contributed by atoms with Crippen LogP contribution in [0.25, 0.3) is 0 Å². The van der Waals surface area contributed by atoms with E-state index in [9.17, 15) is 0 Å². The summed E-state index contributed by atoms with van der Waals surface area (Å²) in [6, 6.07) is 0. The summed E-state index contributed by atoms with van der Waals surface area (Å²) in [6.07, 6.45) is 0. The normalized spacial score (nSPS) is 29.5. The van der Waals surface area contributed by atoms with Gasteiger partial charge in [0.15, 0.2) is 0 Å². The lowest BCUT2D eigenvalue weighted by Crippen LogP contribution is -2.65. The summed E-state index contributed by atoms with van der Waals surface area (Å²) in [5.41, 5.74) is 0. The van der Waals surface area contributed by atoms with E-state index >= 15 is 0 Å². The third-order valence-corrected chi connectivity index (χ3v) is 5.23. The minimum Gasteiger partial charge on any atom is -0.331 e. The lowest BCUT2D eigenvalue weighted by atomic mass is 9.55. The molecule has 24 heavy (non-hydrogen) atoms. The molecule has 0 heterocycles. The standard InChI is InChI=1S/C20H48N4/c1-21(2,3)13-17-18(14-22(4,5)6)20(16-24(10,11)12)19(17)15-23(7,8)9/h17-20H,13-16H2,1-12H3/q+4. The van der Waals surface area contributed by atoms with Crippen LogP contribution >= 0.6 is 0 Å². The Morgan fingerprint density at radius 1 is 0.333 bits per heavy atom. The van der Waals surface area contributed by atoms with E-state index in [1.165, 1.54) is 26.2 Å². The van der Waals surface area contributed by atoms with Crippen LogP contribution in [0.3, 0.4) is 0 Å². The van der Waals surface area contributed by atoms with E-state index in [4.69, 9.17) is 0 Å². The van der Waals surface area contributed by atoms with Gasteiger partial charge in [0.2, 0.25) is 0 Å². The van der Waals surface area contributed by atoms with Crippen LogP contribution in [0.2, 0.25) is 0 Å². The molecule has 1 fully saturated rings. The summed E-state index contributed by atoms with van der Waals surface area (Å²) < 4.78 is 4.35. The summed E-state index contributed by atoms with van der Waals surface area (Å²) in [5, 5.41) is 0. The van der Waals surface area contributed by atoms with Crippen molar-refractivity contribution < 1.29 is 17.9 Å². The second kappa shape index (κ2) is 6.86. The molecule has 1 aliphatic rings. The average Bonchev–Trinajstić information content (AvgIpc) is 2.24. The van der Waals surface area contributed by atoms with Crippen molar-refractivity contribution in [2.24, 2.45) is 23.7 Å². The molecular formula is C20H48N4+4. The van der Waals surface area contributed by atoms with Crippen LogP contribution in [0.1, 0.15) is 0 Å². The van der Waals surface area contributed by atoms with Gasteiger partial charge in [-0.1, -0.05) is 0 Å². The zero-order valence-corrected chi connectivity index (χ0v) is 18.9. The maximum absolute atomic E-state index is 2.36. The molecule has 0 aromatic rings. The summed E-state index contributed by atoms with van der Waals surface area (Å²) in [7, 11) is 28.3. The van der Waals surface area contributed by atoms with E-state index in [0.717, 1.165) is 41.6 Å². The highest BCUT2D eigenvalue weighted by atomic mass is 15.3. The summed E-state index contributed by atoms with van der Waals surface area (Å²) in [6.45, 7) is 5.23. The molecule has 0 unspecified atom stereocenters. The van der Waals surface area contributed by atoms with Crippen molar-refractivity contribution in [3.05, 3.63) is 0 Å². The van der Waals surface area contributed by atoms with Gasteiger partial charge in [-0.05, 0) is 0 Å². The Morgan fingerprint density at radius 3 is 0.542 bits per heavy atom. The van der Waals surface area contributed by atoms with Gasteiger partial charge in [-0.3, -0.25) is 0 Å². The molecular weight excluding hydrogens is 296 g/mol. The summed E-state index contributed by atoms with van der Waals surface area (Å²) >= 11 is 0. The summed E-state index contributed by atoms with van der Waals surface area (Å²) in [4.78, 5) is 0. The molecule has 0 aromatic carbocycles. The molecule has 4 heteroatoms. The second-order valence-electron chi connectivity index (χ2n) is 12.5. The first-order valence-electron chi connectivity index (χ1n) is 9.60. The molecule has 1 saturated carbocycles. The van der Waals surface area contributed by atoms with E-state index in [0.29, 0.717) is 0 Å². The van der Waals surface area contributed by atoms with Crippen LogP contribution in [0.15, 0.2) is 0 Å². The van der Waals surface area contributed by atoms with Gasteiger partial charge in [0, 0.05) is 23.7 Å². The summed E-state index contributed by atoms with van der Waals surface area (Å²) in [5.74, 6) is 3.43. The Kier molecular flexibility index (Phi) is 6.26. The third kappa shape index (κ3) is 7.38. The zero-order valence-electron chi connectivity index (χ0n) is 18.9. The average molecular weight is 345 g/mol. The van der Waals surface area contributed by atoms with E-state index in [2.05, 4.69) is 84.6 Å². The van der Waals surface area contributed by atoms with Crippen LogP contribution in [0, 0.1) is 23.7 Å². The highest BCUT2D eigenvalue weighted by Crippen LogP contribution is 2.49. The van der Waals surface area contributed by atoms with Gasteiger partial charge in [0.1, 0.15) is 0 Å². The van der Waals surface area contributed by atoms with Gasteiger partial charge < -0.3 is 17.9 Å². The molecule has 144 valence electrons. The molecule has 0 N–H and O–H groups in total. The third-order valence-electron chi connectivity index (χ3n) is 5.23. The minimum absolute atomic E-state index is 0.858. The number of hydrogen-bond acceptors (Lipinski definition) is 0. The first-order valence-corrected chi connectivity index (χ1v) is 9.60. The Hall–Kier alpha value is -0.160. The predicted molar refractivity (Wildman–Crippen MR) is 106 cm³/mol. The van der Waals surface area contributed by atoms with Crippen molar-refractivity contribution in [3.63, 3.8) is 0 Å². The fourth-order valence-corrected chi connectivity index (χ4v) is 4.74. The molecule has 1 aliphatic carbocycles. The molecule has 0 bridgehead atoms. The van der Waals surface area contributed by atoms with Gasteiger partial charge in [0.25, 0.3) is 0 Å². The number of quaternary nitrogens is 4. The lowest BCUT2D eigenvalue weighted by molar-refractivity contribution is -0.903. The Balaban J connectivity index is 3.07. The van der Waals surface area contributed by atoms with Crippen LogP contribution in [0.4, 0.5) is 0 Å². The number of rotatable bonds is 8. The molecule has 0 aliphatic heterocycles. The monoisotopic (exact) mass is 344 g/mol. The molecule has 0 saturated heterocycles. The minimum atomic E-state index is 0.858. The molecule has 0 amide bonds. The Bertz CT molecular complexity index is 315. The lowest BCUT2D eigenvalue weighted by Gasteiger charge is -2.56. The van der Waals surface area contributed by atoms with E-state index in [1.54, 1.807) is 0 Å². The molecule has 0 spiro atoms. The topological polar surface area (TPSA) is 0 Å². The molecule has 1 rings (SSSR count). The van der Waals surface area contributed by atoms with Gasteiger partial charge >= 0.3 is 0 Å². The van der Waals surface area contributed by atoms with Crippen molar-refractivity contribution in [2.45, 2.75) is 0 Å². The highest BCUT2D eigenvalue weighted by Gasteiger charge is 2.57. The van der Waals surface area contributed by atoms with Crippen molar-refractivity contribution in [2.75, 3.05) is 111 Å². The van der Waals surface area contributed by atoms with Crippen LogP contribution < -0.4 is 0 Å². The molecule has 0 atom stereocenters. The van der Waals surface area contributed by atoms with Crippen molar-refractivity contribution in [3.8, 4) is 0 Å². The van der Waals surface area contributed by atoms with Crippen molar-refractivity contribution in [1.29, 1.82) is 0 Å². The fourth-order valence-electron chi connectivity index (χ4n) is 4.74. The molecule has 0 radical (unpaired) electrons. The zero-order chi connectivity index (χ0) is 19.1. The van der Waals surface area contributed by atoms with Gasteiger partial charge in [-0.15, -0.1) is 0 Å². The van der Waals surface area contributed by atoms with E-state index < -0.39 is 0 Å². The smallest absolute Gasteiger partial charge is 0.0819 e. The highest BCUT2D eigenvalue weighted by molar-refractivity contribution is 4.97. The Labute approximate surface area is 153 Å². The second-order valence-corrected chi connectivity index (χ2v) is 12.5. The molecule has 4 nitrogen and oxygen atoms in total. The quantitative estimate of drug-likeness (QED) is 0.582. The van der Waals surface area contributed by atoms with Crippen LogP contribution in [0.5, 0.6) is 0 Å². The maximum atomic E-state index is 2.36. The van der Waals surface area contributed by atoms with Gasteiger partial charge in [-0.25, -0.2) is 0 Å². The van der Waals surface area contributed by atoms with Gasteiger partial charge in [0.05, 0.1) is 111 Å². The van der Waals surface area contributed by atoms with Crippen molar-refractivity contribution >= 4 is 0 Å². The number of nitrogens with zero attached hydrogens (tertiary/aromatic N) is 4. The Morgan fingerprint density at radius 2 is 0.458 bits per heavy atom. The molecule has 0 aromatic heterocycles. The van der Waals surface area contributed by atoms with Crippen molar-refractivity contribution in [1.82, 2.24) is 0 Å². The number of hydrogen-bond donors (Lipinski definition) is 0. The van der Waals surface area contributed by atoms with Crippen LogP contribution in [-0.2, 0) is 0 Å². The van der Waals surface area contributed by atoms with E-state index in [1.807, 2.05) is 0 Å². The predicted octanol–water partition coefficient (Wildman–Crippen LogP) is 1.29. The maximum Gasteiger partial charge on any atom is 0.0819 e. The van der Waals surface area contributed by atoms with E-state index in [-0.39, 0.29) is 0 Å². The van der Waals surface area contributed by atoms with Crippen LogP contribution in [-0.4, -0.2) is 129 Å². The first kappa shape index (κ1) is 21.9. The first-order chi connectivity index (χ1) is 10.4.